The smallest absolute Gasteiger partial charge is 0.159 e. The Kier molecular flexibility index (Phi) is 5.76. The number of hydrogen-bond donors (Lipinski definition) is 1. The van der Waals surface area contributed by atoms with Crippen LogP contribution in [0.2, 0.25) is 0 Å². The maximum atomic E-state index is 13.3. The van der Waals surface area contributed by atoms with E-state index >= 15 is 0 Å². The fourth-order valence-corrected chi connectivity index (χ4v) is 3.28. The average molecular weight is 307 g/mol. The highest BCUT2D eigenvalue weighted by Gasteiger charge is 2.13. The van der Waals surface area contributed by atoms with E-state index in [0.717, 1.165) is 17.9 Å². The Labute approximate surface area is 128 Å². The topological polar surface area (TPSA) is 12.0 Å². The molecule has 0 spiro atoms. The van der Waals surface area contributed by atoms with Crippen LogP contribution < -0.4 is 5.32 Å². The van der Waals surface area contributed by atoms with Gasteiger partial charge in [-0.1, -0.05) is 43.8 Å². The summed E-state index contributed by atoms with van der Waals surface area (Å²) in [5, 5.41) is 3.45. The summed E-state index contributed by atoms with van der Waals surface area (Å²) in [5.74, 6) is -1.62. The number of halogens is 2. The van der Waals surface area contributed by atoms with Crippen LogP contribution in [-0.4, -0.2) is 6.54 Å². The lowest BCUT2D eigenvalue weighted by Crippen LogP contribution is -2.20. The van der Waals surface area contributed by atoms with E-state index in [4.69, 9.17) is 0 Å². The van der Waals surface area contributed by atoms with Crippen LogP contribution in [-0.2, 0) is 0 Å². The van der Waals surface area contributed by atoms with Crippen molar-refractivity contribution in [3.05, 3.63) is 59.7 Å². The molecule has 2 aromatic rings. The summed E-state index contributed by atoms with van der Waals surface area (Å²) < 4.78 is 26.3. The first-order valence-corrected chi connectivity index (χ1v) is 7.92. The molecule has 0 aliphatic carbocycles. The lowest BCUT2D eigenvalue weighted by molar-refractivity contribution is 0.506. The summed E-state index contributed by atoms with van der Waals surface area (Å²) in [6, 6.07) is 12.3. The molecule has 0 heterocycles. The second kappa shape index (κ2) is 7.57. The predicted octanol–water partition coefficient (Wildman–Crippen LogP) is 5.18. The van der Waals surface area contributed by atoms with E-state index in [0.29, 0.717) is 4.90 Å². The van der Waals surface area contributed by atoms with Crippen molar-refractivity contribution in [2.45, 2.75) is 36.1 Å². The summed E-state index contributed by atoms with van der Waals surface area (Å²) in [5.41, 5.74) is 1.19. The third kappa shape index (κ3) is 4.05. The summed E-state index contributed by atoms with van der Waals surface area (Å²) in [7, 11) is 0. The van der Waals surface area contributed by atoms with Gasteiger partial charge in [0.15, 0.2) is 11.6 Å². The van der Waals surface area contributed by atoms with Crippen molar-refractivity contribution in [1.82, 2.24) is 5.32 Å². The number of rotatable bonds is 6. The molecule has 0 saturated heterocycles. The second-order valence-electron chi connectivity index (χ2n) is 4.73. The highest BCUT2D eigenvalue weighted by molar-refractivity contribution is 7.99. The molecule has 2 aromatic carbocycles. The summed E-state index contributed by atoms with van der Waals surface area (Å²) in [6.45, 7) is 5.10. The fraction of sp³-hybridized carbons (Fsp3) is 0.294. The largest absolute Gasteiger partial charge is 0.310 e. The van der Waals surface area contributed by atoms with Crippen molar-refractivity contribution in [1.29, 1.82) is 0 Å². The zero-order chi connectivity index (χ0) is 15.2. The minimum absolute atomic E-state index is 0.268. The highest BCUT2D eigenvalue weighted by atomic mass is 32.2. The van der Waals surface area contributed by atoms with Gasteiger partial charge in [0.05, 0.1) is 0 Å². The quantitative estimate of drug-likeness (QED) is 0.789. The Hall–Kier alpha value is -1.39. The second-order valence-corrected chi connectivity index (χ2v) is 5.85. The van der Waals surface area contributed by atoms with E-state index < -0.39 is 11.6 Å². The number of nitrogens with one attached hydrogen (secondary N) is 1. The fourth-order valence-electron chi connectivity index (χ4n) is 2.25. The van der Waals surface area contributed by atoms with Crippen LogP contribution in [0.4, 0.5) is 8.78 Å². The van der Waals surface area contributed by atoms with Crippen molar-refractivity contribution < 1.29 is 8.78 Å². The molecule has 0 saturated carbocycles. The predicted molar refractivity (Wildman–Crippen MR) is 83.6 cm³/mol. The Morgan fingerprint density at radius 2 is 1.81 bits per heavy atom. The van der Waals surface area contributed by atoms with Gasteiger partial charge in [0.1, 0.15) is 0 Å². The zero-order valence-corrected chi connectivity index (χ0v) is 13.0. The Morgan fingerprint density at radius 1 is 1.05 bits per heavy atom. The maximum absolute atomic E-state index is 13.3. The first kappa shape index (κ1) is 16.0. The van der Waals surface area contributed by atoms with E-state index in [1.54, 1.807) is 6.07 Å². The molecule has 0 amide bonds. The van der Waals surface area contributed by atoms with Crippen molar-refractivity contribution in [2.75, 3.05) is 6.54 Å². The molecule has 0 aliphatic rings. The van der Waals surface area contributed by atoms with E-state index in [2.05, 4.69) is 25.2 Å². The SMILES string of the molecule is CCNC(CC)c1ccccc1Sc1ccc(F)c(F)c1. The van der Waals surface area contributed by atoms with Gasteiger partial charge in [0, 0.05) is 15.8 Å². The van der Waals surface area contributed by atoms with Gasteiger partial charge in [-0.3, -0.25) is 0 Å². The monoisotopic (exact) mass is 307 g/mol. The normalized spacial score (nSPS) is 12.4. The van der Waals surface area contributed by atoms with Gasteiger partial charge >= 0.3 is 0 Å². The van der Waals surface area contributed by atoms with Crippen LogP contribution in [0.3, 0.4) is 0 Å². The Morgan fingerprint density at radius 3 is 2.48 bits per heavy atom. The van der Waals surface area contributed by atoms with Crippen LogP contribution in [0.25, 0.3) is 0 Å². The van der Waals surface area contributed by atoms with Crippen LogP contribution in [0, 0.1) is 11.6 Å². The molecule has 2 rings (SSSR count). The van der Waals surface area contributed by atoms with E-state index in [-0.39, 0.29) is 6.04 Å². The molecule has 1 atom stereocenters. The average Bonchev–Trinajstić information content (AvgIpc) is 2.49. The Bertz CT molecular complexity index is 601. The molecular formula is C17H19F2NS. The Balaban J connectivity index is 2.29. The van der Waals surface area contributed by atoms with Gasteiger partial charge in [-0.15, -0.1) is 0 Å². The molecule has 0 bridgehead atoms. The lowest BCUT2D eigenvalue weighted by atomic mass is 10.0. The molecule has 1 N–H and O–H groups in total. The molecule has 1 unspecified atom stereocenters. The standard InChI is InChI=1S/C17H19F2NS/c1-3-16(20-4-2)13-7-5-6-8-17(13)21-12-9-10-14(18)15(19)11-12/h5-11,16,20H,3-4H2,1-2H3. The van der Waals surface area contributed by atoms with Crippen molar-refractivity contribution in [3.8, 4) is 0 Å². The first-order chi connectivity index (χ1) is 10.2. The van der Waals surface area contributed by atoms with Crippen LogP contribution >= 0.6 is 11.8 Å². The highest BCUT2D eigenvalue weighted by Crippen LogP contribution is 2.34. The summed E-state index contributed by atoms with van der Waals surface area (Å²) in [4.78, 5) is 1.77. The van der Waals surface area contributed by atoms with Gasteiger partial charge in [0.25, 0.3) is 0 Å². The van der Waals surface area contributed by atoms with E-state index in [9.17, 15) is 8.78 Å². The van der Waals surface area contributed by atoms with Gasteiger partial charge in [0.2, 0.25) is 0 Å². The lowest BCUT2D eigenvalue weighted by Gasteiger charge is -2.19. The third-order valence-corrected chi connectivity index (χ3v) is 4.35. The van der Waals surface area contributed by atoms with Gasteiger partial charge in [-0.05, 0) is 42.8 Å². The molecule has 0 radical (unpaired) electrons. The van der Waals surface area contributed by atoms with Crippen molar-refractivity contribution in [2.24, 2.45) is 0 Å². The number of benzene rings is 2. The van der Waals surface area contributed by atoms with Crippen LogP contribution in [0.1, 0.15) is 31.9 Å². The zero-order valence-electron chi connectivity index (χ0n) is 12.2. The van der Waals surface area contributed by atoms with E-state index in [1.165, 1.54) is 29.5 Å². The minimum atomic E-state index is -0.813. The first-order valence-electron chi connectivity index (χ1n) is 7.10. The molecule has 0 aromatic heterocycles. The van der Waals surface area contributed by atoms with Crippen molar-refractivity contribution >= 4 is 11.8 Å². The molecule has 0 aliphatic heterocycles. The van der Waals surface area contributed by atoms with Crippen LogP contribution in [0.15, 0.2) is 52.3 Å². The molecule has 21 heavy (non-hydrogen) atoms. The molecule has 4 heteroatoms. The molecule has 1 nitrogen and oxygen atoms in total. The van der Waals surface area contributed by atoms with Gasteiger partial charge in [-0.25, -0.2) is 8.78 Å². The van der Waals surface area contributed by atoms with Crippen LogP contribution in [0.5, 0.6) is 0 Å². The number of hydrogen-bond acceptors (Lipinski definition) is 2. The molecule has 0 fully saturated rings. The maximum Gasteiger partial charge on any atom is 0.159 e. The minimum Gasteiger partial charge on any atom is -0.310 e. The van der Waals surface area contributed by atoms with Gasteiger partial charge < -0.3 is 5.32 Å². The molecular weight excluding hydrogens is 288 g/mol. The van der Waals surface area contributed by atoms with E-state index in [1.807, 2.05) is 18.2 Å². The van der Waals surface area contributed by atoms with Gasteiger partial charge in [-0.2, -0.15) is 0 Å². The summed E-state index contributed by atoms with van der Waals surface area (Å²) >= 11 is 1.46. The van der Waals surface area contributed by atoms with Crippen molar-refractivity contribution in [3.63, 3.8) is 0 Å². The molecule has 112 valence electrons. The summed E-state index contributed by atoms with van der Waals surface area (Å²) in [6.07, 6.45) is 0.975. The third-order valence-electron chi connectivity index (χ3n) is 3.27.